The number of rotatable bonds is 3. The van der Waals surface area contributed by atoms with Crippen LogP contribution >= 0.6 is 12.4 Å². The van der Waals surface area contributed by atoms with E-state index in [1.165, 1.54) is 0 Å². The summed E-state index contributed by atoms with van der Waals surface area (Å²) in [5.74, 6) is 0. The van der Waals surface area contributed by atoms with Crippen molar-refractivity contribution in [2.24, 2.45) is 5.73 Å². The highest BCUT2D eigenvalue weighted by molar-refractivity contribution is 6.62. The van der Waals surface area contributed by atoms with E-state index in [4.69, 9.17) is 10.4 Å². The first-order chi connectivity index (χ1) is 7.66. The zero-order chi connectivity index (χ0) is 11.8. The molecule has 2 rings (SSSR count). The Kier molecular flexibility index (Phi) is 4.49. The highest BCUT2D eigenvalue weighted by Gasteiger charge is 2.47. The molecule has 3 nitrogen and oxygen atoms in total. The van der Waals surface area contributed by atoms with Crippen molar-refractivity contribution in [1.29, 1.82) is 0 Å². The van der Waals surface area contributed by atoms with E-state index in [1.807, 2.05) is 0 Å². The van der Waals surface area contributed by atoms with Crippen molar-refractivity contribution in [3.8, 4) is 0 Å². The van der Waals surface area contributed by atoms with Gasteiger partial charge in [0.15, 0.2) is 0 Å². The van der Waals surface area contributed by atoms with Gasteiger partial charge in [-0.2, -0.15) is 0 Å². The molecule has 0 radical (unpaired) electrons. The van der Waals surface area contributed by atoms with Crippen LogP contribution in [0, 0.1) is 0 Å². The third kappa shape index (κ3) is 2.18. The summed E-state index contributed by atoms with van der Waals surface area (Å²) in [4.78, 5) is 0. The van der Waals surface area contributed by atoms with Crippen LogP contribution in [0.5, 0.6) is 0 Å². The van der Waals surface area contributed by atoms with Crippen molar-refractivity contribution < 1.29 is 18.5 Å². The first-order valence-electron chi connectivity index (χ1n) is 4.98. The SMILES string of the molecule is Cl.NCc1ccc2c(c1)B(O)OC2(CF)CF. The van der Waals surface area contributed by atoms with Crippen LogP contribution in [-0.4, -0.2) is 25.5 Å². The molecular formula is C10H13BClF2NO2. The predicted octanol–water partition coefficient (Wildman–Crippen LogP) is 0.419. The van der Waals surface area contributed by atoms with Gasteiger partial charge in [0.1, 0.15) is 19.0 Å². The summed E-state index contributed by atoms with van der Waals surface area (Å²) in [6.07, 6.45) is 0. The summed E-state index contributed by atoms with van der Waals surface area (Å²) in [5.41, 5.74) is 5.35. The second kappa shape index (κ2) is 5.31. The van der Waals surface area contributed by atoms with E-state index in [0.717, 1.165) is 5.56 Å². The molecule has 17 heavy (non-hydrogen) atoms. The third-order valence-corrected chi connectivity index (χ3v) is 2.88. The van der Waals surface area contributed by atoms with E-state index < -0.39 is 26.1 Å². The van der Waals surface area contributed by atoms with Crippen LogP contribution < -0.4 is 11.2 Å². The fraction of sp³-hybridized carbons (Fsp3) is 0.400. The zero-order valence-corrected chi connectivity index (χ0v) is 9.84. The van der Waals surface area contributed by atoms with Crippen molar-refractivity contribution in [2.75, 3.05) is 13.3 Å². The molecule has 1 heterocycles. The monoisotopic (exact) mass is 263 g/mol. The van der Waals surface area contributed by atoms with Crippen molar-refractivity contribution >= 4 is 25.0 Å². The van der Waals surface area contributed by atoms with Gasteiger partial charge in [-0.3, -0.25) is 0 Å². The molecular weight excluding hydrogens is 250 g/mol. The lowest BCUT2D eigenvalue weighted by Crippen LogP contribution is -2.33. The molecule has 0 saturated heterocycles. The Morgan fingerprint density at radius 3 is 2.53 bits per heavy atom. The predicted molar refractivity (Wildman–Crippen MR) is 63.9 cm³/mol. The summed E-state index contributed by atoms with van der Waals surface area (Å²) in [5, 5.41) is 9.60. The van der Waals surface area contributed by atoms with Gasteiger partial charge in [-0.15, -0.1) is 12.4 Å². The quantitative estimate of drug-likeness (QED) is 0.777. The van der Waals surface area contributed by atoms with E-state index in [-0.39, 0.29) is 12.4 Å². The van der Waals surface area contributed by atoms with Crippen LogP contribution in [0.4, 0.5) is 8.78 Å². The summed E-state index contributed by atoms with van der Waals surface area (Å²) >= 11 is 0. The molecule has 0 bridgehead atoms. The van der Waals surface area contributed by atoms with E-state index in [9.17, 15) is 13.8 Å². The third-order valence-electron chi connectivity index (χ3n) is 2.88. The Morgan fingerprint density at radius 2 is 2.00 bits per heavy atom. The zero-order valence-electron chi connectivity index (χ0n) is 9.03. The molecule has 0 saturated carbocycles. The number of alkyl halides is 2. The van der Waals surface area contributed by atoms with Gasteiger partial charge >= 0.3 is 7.12 Å². The van der Waals surface area contributed by atoms with Crippen LogP contribution in [0.3, 0.4) is 0 Å². The molecule has 1 aliphatic heterocycles. The summed E-state index contributed by atoms with van der Waals surface area (Å²) < 4.78 is 30.8. The standard InChI is InChI=1S/C10H12BF2NO2.ClH/c12-5-10(6-13)8-2-1-7(4-14)3-9(8)11(15)16-10;/h1-3,15H,4-6,14H2;1H. The Labute approximate surface area is 105 Å². The summed E-state index contributed by atoms with van der Waals surface area (Å²) in [6.45, 7) is -1.71. The molecule has 3 N–H and O–H groups in total. The van der Waals surface area contributed by atoms with Crippen molar-refractivity contribution in [1.82, 2.24) is 0 Å². The number of hydrogen-bond acceptors (Lipinski definition) is 3. The molecule has 7 heteroatoms. The van der Waals surface area contributed by atoms with Crippen molar-refractivity contribution in [2.45, 2.75) is 12.1 Å². The fourth-order valence-electron chi connectivity index (χ4n) is 1.94. The second-order valence-corrected chi connectivity index (χ2v) is 3.86. The smallest absolute Gasteiger partial charge is 0.423 e. The maximum atomic E-state index is 12.9. The lowest BCUT2D eigenvalue weighted by Gasteiger charge is -2.23. The molecule has 0 aliphatic carbocycles. The molecule has 0 atom stereocenters. The molecule has 1 aromatic rings. The van der Waals surface area contributed by atoms with Crippen LogP contribution in [0.1, 0.15) is 11.1 Å². The molecule has 94 valence electrons. The summed E-state index contributed by atoms with van der Waals surface area (Å²) in [7, 11) is -1.28. The number of benzene rings is 1. The molecule has 0 fully saturated rings. The van der Waals surface area contributed by atoms with Crippen LogP contribution in [-0.2, 0) is 16.8 Å². The molecule has 1 aromatic carbocycles. The first-order valence-corrected chi connectivity index (χ1v) is 4.98. The number of halogens is 3. The van der Waals surface area contributed by atoms with Gasteiger partial charge in [0.2, 0.25) is 0 Å². The van der Waals surface area contributed by atoms with Gasteiger partial charge in [-0.1, -0.05) is 18.2 Å². The van der Waals surface area contributed by atoms with Gasteiger partial charge < -0.3 is 15.4 Å². The number of hydrogen-bond donors (Lipinski definition) is 2. The van der Waals surface area contributed by atoms with E-state index in [0.29, 0.717) is 17.6 Å². The Hall–Kier alpha value is -0.685. The lowest BCUT2D eigenvalue weighted by molar-refractivity contribution is 0.0106. The van der Waals surface area contributed by atoms with Crippen LogP contribution in [0.15, 0.2) is 18.2 Å². The molecule has 0 spiro atoms. The maximum Gasteiger partial charge on any atom is 0.492 e. The van der Waals surface area contributed by atoms with E-state index in [2.05, 4.69) is 0 Å². The van der Waals surface area contributed by atoms with Gasteiger partial charge in [0, 0.05) is 6.54 Å². The van der Waals surface area contributed by atoms with Gasteiger partial charge in [-0.25, -0.2) is 8.78 Å². The first kappa shape index (κ1) is 14.4. The van der Waals surface area contributed by atoms with Gasteiger partial charge in [0.25, 0.3) is 0 Å². The Bertz CT molecular complexity index is 404. The average molecular weight is 263 g/mol. The van der Waals surface area contributed by atoms with E-state index >= 15 is 0 Å². The van der Waals surface area contributed by atoms with Gasteiger partial charge in [-0.05, 0) is 16.6 Å². The Morgan fingerprint density at radius 1 is 1.35 bits per heavy atom. The number of nitrogens with two attached hydrogens (primary N) is 1. The Balaban J connectivity index is 0.00000144. The molecule has 0 amide bonds. The van der Waals surface area contributed by atoms with Gasteiger partial charge in [0.05, 0.1) is 0 Å². The van der Waals surface area contributed by atoms with Crippen molar-refractivity contribution in [3.05, 3.63) is 29.3 Å². The second-order valence-electron chi connectivity index (χ2n) is 3.86. The minimum absolute atomic E-state index is 0. The van der Waals surface area contributed by atoms with E-state index in [1.54, 1.807) is 18.2 Å². The average Bonchev–Trinajstić information content (AvgIpc) is 2.62. The topological polar surface area (TPSA) is 55.5 Å². The highest BCUT2D eigenvalue weighted by Crippen LogP contribution is 2.32. The minimum atomic E-state index is -1.65. The number of fused-ring (bicyclic) bond motifs is 1. The highest BCUT2D eigenvalue weighted by atomic mass is 35.5. The molecule has 1 aliphatic rings. The van der Waals surface area contributed by atoms with Crippen molar-refractivity contribution in [3.63, 3.8) is 0 Å². The lowest BCUT2D eigenvalue weighted by atomic mass is 9.77. The summed E-state index contributed by atoms with van der Waals surface area (Å²) in [6, 6.07) is 4.86. The molecule has 0 unspecified atom stereocenters. The normalized spacial score (nSPS) is 16.6. The van der Waals surface area contributed by atoms with Crippen LogP contribution in [0.25, 0.3) is 0 Å². The van der Waals surface area contributed by atoms with Crippen LogP contribution in [0.2, 0.25) is 0 Å². The minimum Gasteiger partial charge on any atom is -0.423 e. The maximum absolute atomic E-state index is 12.9. The largest absolute Gasteiger partial charge is 0.492 e. The fourth-order valence-corrected chi connectivity index (χ4v) is 1.94. The molecule has 0 aromatic heterocycles.